The summed E-state index contributed by atoms with van der Waals surface area (Å²) in [5, 5.41) is 16.6. The Balaban J connectivity index is 0.000000203. The second-order valence-electron chi connectivity index (χ2n) is 3.12. The van der Waals surface area contributed by atoms with Crippen molar-refractivity contribution in [2.24, 2.45) is 0 Å². The molecule has 3 N–H and O–H groups in total. The van der Waals surface area contributed by atoms with Crippen LogP contribution in [0.5, 0.6) is 0 Å². The van der Waals surface area contributed by atoms with E-state index in [1.807, 2.05) is 24.3 Å². The molecular formula is C10H8F3N3O2. The SMILES string of the molecule is Nc1nncc2ccccc12.O=C(O)C(F)(F)F. The number of hydrogen-bond acceptors (Lipinski definition) is 4. The Morgan fingerprint density at radius 2 is 1.83 bits per heavy atom. The molecule has 0 saturated carbocycles. The number of fused-ring (bicyclic) bond motifs is 1. The highest BCUT2D eigenvalue weighted by molar-refractivity contribution is 5.89. The summed E-state index contributed by atoms with van der Waals surface area (Å²) in [7, 11) is 0. The molecule has 0 fully saturated rings. The zero-order valence-electron chi connectivity index (χ0n) is 8.85. The number of nitrogen functional groups attached to an aromatic ring is 1. The Hall–Kier alpha value is -2.38. The van der Waals surface area contributed by atoms with E-state index in [9.17, 15) is 13.2 Å². The van der Waals surface area contributed by atoms with Crippen LogP contribution in [0.2, 0.25) is 0 Å². The van der Waals surface area contributed by atoms with Gasteiger partial charge in [0.25, 0.3) is 0 Å². The van der Waals surface area contributed by atoms with E-state index in [-0.39, 0.29) is 0 Å². The number of carboxylic acid groups (broad SMARTS) is 1. The van der Waals surface area contributed by atoms with Crippen molar-refractivity contribution < 1.29 is 23.1 Å². The number of anilines is 1. The van der Waals surface area contributed by atoms with E-state index in [1.165, 1.54) is 0 Å². The van der Waals surface area contributed by atoms with Gasteiger partial charge in [-0.2, -0.15) is 18.3 Å². The maximum absolute atomic E-state index is 10.6. The molecule has 2 aromatic rings. The number of nitrogens with two attached hydrogens (primary N) is 1. The maximum Gasteiger partial charge on any atom is 0.490 e. The van der Waals surface area contributed by atoms with Crippen LogP contribution in [0.1, 0.15) is 0 Å². The highest BCUT2D eigenvalue weighted by atomic mass is 19.4. The third-order valence-corrected chi connectivity index (χ3v) is 1.84. The molecule has 0 aliphatic carbocycles. The van der Waals surface area contributed by atoms with E-state index in [2.05, 4.69) is 10.2 Å². The van der Waals surface area contributed by atoms with Crippen LogP contribution in [-0.2, 0) is 4.79 Å². The van der Waals surface area contributed by atoms with Gasteiger partial charge in [-0.1, -0.05) is 24.3 Å². The highest BCUT2D eigenvalue weighted by Gasteiger charge is 2.38. The topological polar surface area (TPSA) is 89.1 Å². The van der Waals surface area contributed by atoms with Gasteiger partial charge in [0, 0.05) is 10.8 Å². The molecule has 0 atom stereocenters. The molecule has 8 heteroatoms. The van der Waals surface area contributed by atoms with Crippen LogP contribution in [0.4, 0.5) is 19.0 Å². The van der Waals surface area contributed by atoms with Crippen molar-refractivity contribution in [3.8, 4) is 0 Å². The number of benzene rings is 1. The predicted molar refractivity (Wildman–Crippen MR) is 57.6 cm³/mol. The normalized spacial score (nSPS) is 10.6. The number of alkyl halides is 3. The molecule has 0 radical (unpaired) electrons. The van der Waals surface area contributed by atoms with E-state index in [1.54, 1.807) is 6.20 Å². The maximum atomic E-state index is 10.6. The molecular weight excluding hydrogens is 251 g/mol. The van der Waals surface area contributed by atoms with Crippen LogP contribution in [0.3, 0.4) is 0 Å². The van der Waals surface area contributed by atoms with Gasteiger partial charge >= 0.3 is 12.1 Å². The summed E-state index contributed by atoms with van der Waals surface area (Å²) in [4.78, 5) is 8.90. The van der Waals surface area contributed by atoms with Gasteiger partial charge in [-0.15, -0.1) is 5.10 Å². The van der Waals surface area contributed by atoms with Gasteiger partial charge in [0.2, 0.25) is 0 Å². The van der Waals surface area contributed by atoms with Gasteiger partial charge in [0.1, 0.15) is 0 Å². The lowest BCUT2D eigenvalue weighted by atomic mass is 10.2. The van der Waals surface area contributed by atoms with Crippen LogP contribution < -0.4 is 5.73 Å². The van der Waals surface area contributed by atoms with Gasteiger partial charge in [0.15, 0.2) is 5.82 Å². The standard InChI is InChI=1S/C8H7N3.C2HF3O2/c9-8-7-4-2-1-3-6(7)5-10-11-8;3-2(4,5)1(6)7/h1-5H,(H2,9,11);(H,6,7). The lowest BCUT2D eigenvalue weighted by molar-refractivity contribution is -0.192. The highest BCUT2D eigenvalue weighted by Crippen LogP contribution is 2.15. The van der Waals surface area contributed by atoms with Crippen LogP contribution >= 0.6 is 0 Å². The summed E-state index contributed by atoms with van der Waals surface area (Å²) < 4.78 is 31.7. The third-order valence-electron chi connectivity index (χ3n) is 1.84. The van der Waals surface area contributed by atoms with E-state index in [0.717, 1.165) is 10.8 Å². The lowest BCUT2D eigenvalue weighted by Crippen LogP contribution is -2.21. The van der Waals surface area contributed by atoms with Gasteiger partial charge < -0.3 is 10.8 Å². The smallest absolute Gasteiger partial charge is 0.475 e. The molecule has 0 spiro atoms. The number of carbonyl (C=O) groups is 1. The molecule has 0 saturated heterocycles. The third kappa shape index (κ3) is 3.58. The number of carboxylic acids is 1. The van der Waals surface area contributed by atoms with E-state index in [4.69, 9.17) is 15.6 Å². The Morgan fingerprint density at radius 1 is 1.28 bits per heavy atom. The van der Waals surface area contributed by atoms with E-state index in [0.29, 0.717) is 5.82 Å². The minimum atomic E-state index is -5.08. The van der Waals surface area contributed by atoms with Gasteiger partial charge in [0.05, 0.1) is 6.20 Å². The van der Waals surface area contributed by atoms with E-state index < -0.39 is 12.1 Å². The van der Waals surface area contributed by atoms with Crippen LogP contribution in [0, 0.1) is 0 Å². The van der Waals surface area contributed by atoms with Gasteiger partial charge in [-0.3, -0.25) is 0 Å². The summed E-state index contributed by atoms with van der Waals surface area (Å²) in [5.41, 5.74) is 5.58. The monoisotopic (exact) mass is 259 g/mol. The number of aromatic nitrogens is 2. The van der Waals surface area contributed by atoms with Crippen molar-refractivity contribution in [3.05, 3.63) is 30.5 Å². The summed E-state index contributed by atoms with van der Waals surface area (Å²) >= 11 is 0. The fourth-order valence-electron chi connectivity index (χ4n) is 1.05. The molecule has 1 aromatic carbocycles. The van der Waals surface area contributed by atoms with Crippen LogP contribution in [0.25, 0.3) is 10.8 Å². The van der Waals surface area contributed by atoms with Crippen molar-refractivity contribution in [3.63, 3.8) is 0 Å². The molecule has 0 aliphatic heterocycles. The Bertz CT molecular complexity index is 552. The van der Waals surface area contributed by atoms with Crippen molar-refractivity contribution >= 4 is 22.6 Å². The van der Waals surface area contributed by atoms with Crippen molar-refractivity contribution in [1.29, 1.82) is 0 Å². The zero-order valence-corrected chi connectivity index (χ0v) is 8.85. The van der Waals surface area contributed by atoms with Gasteiger partial charge in [-0.05, 0) is 0 Å². The fourth-order valence-corrected chi connectivity index (χ4v) is 1.05. The first-order valence-electron chi connectivity index (χ1n) is 4.58. The Kier molecular flexibility index (Phi) is 4.03. The Labute approximate surface area is 99.0 Å². The summed E-state index contributed by atoms with van der Waals surface area (Å²) in [5.74, 6) is -2.27. The second kappa shape index (κ2) is 5.30. The average molecular weight is 259 g/mol. The lowest BCUT2D eigenvalue weighted by Gasteiger charge is -1.96. The first-order chi connectivity index (χ1) is 8.32. The fraction of sp³-hybridized carbons (Fsp3) is 0.100. The van der Waals surface area contributed by atoms with Crippen molar-refractivity contribution in [2.75, 3.05) is 5.73 Å². The quantitative estimate of drug-likeness (QED) is 0.753. The summed E-state index contributed by atoms with van der Waals surface area (Å²) in [6.07, 6.45) is -3.38. The minimum absolute atomic E-state index is 0.489. The average Bonchev–Trinajstić information content (AvgIpc) is 2.29. The Morgan fingerprint density at radius 3 is 2.33 bits per heavy atom. The zero-order chi connectivity index (χ0) is 13.8. The van der Waals surface area contributed by atoms with Crippen molar-refractivity contribution in [2.45, 2.75) is 6.18 Å². The number of hydrogen-bond donors (Lipinski definition) is 2. The van der Waals surface area contributed by atoms with Crippen LogP contribution in [0.15, 0.2) is 30.5 Å². The predicted octanol–water partition coefficient (Wildman–Crippen LogP) is 1.85. The second-order valence-corrected chi connectivity index (χ2v) is 3.12. The number of nitrogens with zero attached hydrogens (tertiary/aromatic N) is 2. The molecule has 1 heterocycles. The largest absolute Gasteiger partial charge is 0.490 e. The van der Waals surface area contributed by atoms with Crippen molar-refractivity contribution in [1.82, 2.24) is 10.2 Å². The van der Waals surface area contributed by atoms with Crippen LogP contribution in [-0.4, -0.2) is 27.4 Å². The number of halogens is 3. The minimum Gasteiger partial charge on any atom is -0.475 e. The molecule has 96 valence electrons. The number of rotatable bonds is 0. The van der Waals surface area contributed by atoms with E-state index >= 15 is 0 Å². The molecule has 2 rings (SSSR count). The summed E-state index contributed by atoms with van der Waals surface area (Å²) in [6, 6.07) is 7.77. The molecule has 0 amide bonds. The molecule has 0 bridgehead atoms. The molecule has 18 heavy (non-hydrogen) atoms. The summed E-state index contributed by atoms with van der Waals surface area (Å²) in [6.45, 7) is 0. The molecule has 0 aliphatic rings. The molecule has 0 unspecified atom stereocenters. The first-order valence-corrected chi connectivity index (χ1v) is 4.58. The molecule has 5 nitrogen and oxygen atoms in total. The first kappa shape index (κ1) is 13.7. The molecule has 1 aromatic heterocycles. The number of aliphatic carboxylic acids is 1. The van der Waals surface area contributed by atoms with Gasteiger partial charge in [-0.25, -0.2) is 4.79 Å².